The topological polar surface area (TPSA) is 159 Å². The van der Waals surface area contributed by atoms with Crippen molar-refractivity contribution in [1.82, 2.24) is 10.3 Å². The summed E-state index contributed by atoms with van der Waals surface area (Å²) < 4.78 is 38.6. The number of halogens is 5. The smallest absolute Gasteiger partial charge is 0.145 e. The molecular weight excluding hydrogens is 822 g/mol. The summed E-state index contributed by atoms with van der Waals surface area (Å²) in [7, 11) is 0. The summed E-state index contributed by atoms with van der Waals surface area (Å²) in [6, 6.07) is 10.7. The van der Waals surface area contributed by atoms with Crippen molar-refractivity contribution in [3.05, 3.63) is 79.1 Å². The predicted octanol–water partition coefficient (Wildman–Crippen LogP) is 7.34. The third-order valence-electron chi connectivity index (χ3n) is 10.5. The molecule has 0 unspecified atom stereocenters. The van der Waals surface area contributed by atoms with Gasteiger partial charge in [0.2, 0.25) is 0 Å². The second-order valence-corrected chi connectivity index (χ2v) is 16.3. The van der Waals surface area contributed by atoms with Crippen molar-refractivity contribution < 1.29 is 48.1 Å². The second kappa shape index (κ2) is 17.1. The molecule has 6 fully saturated rings. The standard InChI is InChI=1S/C19H19Cl2NO5.C13H10Cl3NO.C6H10O4/c20-11-2-1-3-12(21)15(11)16-10(17(27-22-16)9-4-5-9)6-24-14-8-26-18-13(23)7-25-19(14)18;14-6-8-12(17-18-13(8)7-4-5-7)11-9(15)2-1-3-10(11)16;7-3-1-9-6-4(8)2-10-5(3)6/h1-3,9,13-14,18-19,23H,4-8H2;1-3,7H,4-6H2;3-8H,1-2H2/t13-,14-,18-,19-;;3-,4-,5-,6-/m1.1/s1. The Morgan fingerprint density at radius 3 is 1.44 bits per heavy atom. The molecule has 2 aromatic heterocycles. The van der Waals surface area contributed by atoms with Crippen LogP contribution in [0.2, 0.25) is 20.1 Å². The van der Waals surface area contributed by atoms with E-state index in [-0.39, 0.29) is 50.3 Å². The third kappa shape index (κ3) is 8.32. The van der Waals surface area contributed by atoms with E-state index >= 15 is 0 Å². The predicted molar refractivity (Wildman–Crippen MR) is 203 cm³/mol. The van der Waals surface area contributed by atoms with Gasteiger partial charge in [-0.2, -0.15) is 0 Å². The maximum absolute atomic E-state index is 9.89. The van der Waals surface area contributed by atoms with Crippen molar-refractivity contribution >= 4 is 58.0 Å². The van der Waals surface area contributed by atoms with Crippen LogP contribution in [0.3, 0.4) is 0 Å². The maximum atomic E-state index is 9.89. The molecule has 8 atom stereocenters. The van der Waals surface area contributed by atoms with Gasteiger partial charge in [-0.3, -0.25) is 0 Å². The van der Waals surface area contributed by atoms with E-state index in [1.807, 2.05) is 0 Å². The molecule has 6 aliphatic rings. The Hall–Kier alpha value is -2.01. The molecule has 0 amide bonds. The second-order valence-electron chi connectivity index (χ2n) is 14.4. The fraction of sp³-hybridized carbons (Fsp3) is 0.526. The highest BCUT2D eigenvalue weighted by Crippen LogP contribution is 2.47. The lowest BCUT2D eigenvalue weighted by molar-refractivity contribution is -0.0441. The Labute approximate surface area is 341 Å². The van der Waals surface area contributed by atoms with Gasteiger partial charge in [-0.1, -0.05) is 68.8 Å². The first-order valence-electron chi connectivity index (χ1n) is 18.2. The molecular formula is C38H39Cl5N2O10. The highest BCUT2D eigenvalue weighted by Gasteiger charge is 2.48. The molecule has 17 heteroatoms. The van der Waals surface area contributed by atoms with Crippen molar-refractivity contribution in [3.8, 4) is 22.5 Å². The molecule has 4 aliphatic heterocycles. The van der Waals surface area contributed by atoms with Crippen LogP contribution in [-0.2, 0) is 36.2 Å². The largest absolute Gasteiger partial charge is 0.388 e. The molecule has 12 nitrogen and oxygen atoms in total. The molecule has 10 rings (SSSR count). The summed E-state index contributed by atoms with van der Waals surface area (Å²) >= 11 is 31.2. The highest BCUT2D eigenvalue weighted by atomic mass is 35.5. The van der Waals surface area contributed by atoms with E-state index in [2.05, 4.69) is 10.3 Å². The van der Waals surface area contributed by atoms with E-state index in [1.54, 1.807) is 36.4 Å². The van der Waals surface area contributed by atoms with E-state index < -0.39 is 18.3 Å². The number of aliphatic hydroxyl groups excluding tert-OH is 3. The van der Waals surface area contributed by atoms with Crippen molar-refractivity contribution in [2.45, 2.75) is 98.8 Å². The maximum Gasteiger partial charge on any atom is 0.145 e. The van der Waals surface area contributed by atoms with Crippen LogP contribution in [0.25, 0.3) is 22.5 Å². The molecule has 0 radical (unpaired) electrons. The van der Waals surface area contributed by atoms with E-state index in [1.165, 1.54) is 0 Å². The lowest BCUT2D eigenvalue weighted by atomic mass is 10.0. The number of aliphatic hydroxyl groups is 3. The van der Waals surface area contributed by atoms with Gasteiger partial charge in [0.1, 0.15) is 71.7 Å². The molecule has 4 saturated heterocycles. The van der Waals surface area contributed by atoms with Crippen LogP contribution < -0.4 is 0 Å². The molecule has 6 heterocycles. The Kier molecular flexibility index (Phi) is 12.4. The Balaban J connectivity index is 0.000000130. The summed E-state index contributed by atoms with van der Waals surface area (Å²) in [5.41, 5.74) is 4.43. The van der Waals surface area contributed by atoms with Crippen LogP contribution in [0.4, 0.5) is 0 Å². The van der Waals surface area contributed by atoms with Gasteiger partial charge in [-0.25, -0.2) is 0 Å². The van der Waals surface area contributed by atoms with Gasteiger partial charge in [0.15, 0.2) is 0 Å². The molecule has 2 saturated carbocycles. The zero-order valence-electron chi connectivity index (χ0n) is 29.3. The van der Waals surface area contributed by atoms with E-state index in [4.69, 9.17) is 101 Å². The number of aromatic nitrogens is 2. The van der Waals surface area contributed by atoms with Gasteiger partial charge in [-0.15, -0.1) is 11.6 Å². The van der Waals surface area contributed by atoms with Crippen molar-refractivity contribution in [2.24, 2.45) is 0 Å². The molecule has 0 bridgehead atoms. The molecule has 2 aliphatic carbocycles. The van der Waals surface area contributed by atoms with Crippen molar-refractivity contribution in [1.29, 1.82) is 0 Å². The van der Waals surface area contributed by atoms with Gasteiger partial charge in [0, 0.05) is 34.1 Å². The minimum Gasteiger partial charge on any atom is -0.388 e. The molecule has 296 valence electrons. The Bertz CT molecular complexity index is 1910. The number of fused-ring (bicyclic) bond motifs is 2. The fourth-order valence-corrected chi connectivity index (χ4v) is 8.73. The zero-order valence-corrected chi connectivity index (χ0v) is 33.1. The minimum atomic E-state index is -0.598. The number of rotatable bonds is 8. The zero-order chi connectivity index (χ0) is 38.4. The Morgan fingerprint density at radius 1 is 0.582 bits per heavy atom. The van der Waals surface area contributed by atoms with Crippen LogP contribution in [0, 0.1) is 0 Å². The van der Waals surface area contributed by atoms with Gasteiger partial charge in [0.25, 0.3) is 0 Å². The van der Waals surface area contributed by atoms with E-state index in [0.29, 0.717) is 73.5 Å². The fourth-order valence-electron chi connectivity index (χ4n) is 7.32. The number of ether oxygens (including phenoxy) is 5. The van der Waals surface area contributed by atoms with Gasteiger partial charge >= 0.3 is 0 Å². The number of hydrogen-bond donors (Lipinski definition) is 3. The van der Waals surface area contributed by atoms with Gasteiger partial charge in [-0.05, 0) is 49.9 Å². The van der Waals surface area contributed by atoms with Gasteiger partial charge < -0.3 is 48.1 Å². The summed E-state index contributed by atoms with van der Waals surface area (Å²) in [4.78, 5) is 0. The normalized spacial score (nSPS) is 29.4. The van der Waals surface area contributed by atoms with Crippen LogP contribution in [-0.4, -0.2) is 101 Å². The summed E-state index contributed by atoms with van der Waals surface area (Å²) in [5.74, 6) is 2.90. The van der Waals surface area contributed by atoms with Gasteiger partial charge in [0.05, 0.1) is 59.0 Å². The number of benzene rings is 2. The quantitative estimate of drug-likeness (QED) is 0.152. The Morgan fingerprint density at radius 2 is 0.982 bits per heavy atom. The number of alkyl halides is 1. The van der Waals surface area contributed by atoms with Crippen LogP contribution in [0.15, 0.2) is 45.4 Å². The first kappa shape index (κ1) is 39.8. The van der Waals surface area contributed by atoms with E-state index in [9.17, 15) is 5.11 Å². The van der Waals surface area contributed by atoms with Crippen molar-refractivity contribution in [3.63, 3.8) is 0 Å². The molecule has 4 aromatic rings. The minimum absolute atomic E-state index is 0.247. The third-order valence-corrected chi connectivity index (χ3v) is 12.0. The monoisotopic (exact) mass is 858 g/mol. The molecule has 55 heavy (non-hydrogen) atoms. The first-order chi connectivity index (χ1) is 26.6. The molecule has 3 N–H and O–H groups in total. The SMILES string of the molecule is ClCc1c(-c2c(Cl)cccc2Cl)noc1C1CC1.O[C@@H]1CO[C@H]2[C@@H]1OC[C@H]2O.O[C@@H]1CO[C@H]2[C@@H]1OC[C@H]2OCc1c(-c2c(Cl)cccc2Cl)noc1C1CC1. The summed E-state index contributed by atoms with van der Waals surface area (Å²) in [5, 5.41) is 38.7. The lowest BCUT2D eigenvalue weighted by Crippen LogP contribution is -2.32. The molecule has 2 aromatic carbocycles. The van der Waals surface area contributed by atoms with E-state index in [0.717, 1.165) is 48.3 Å². The number of nitrogens with zero attached hydrogens (tertiary/aromatic N) is 2. The molecule has 0 spiro atoms. The first-order valence-corrected chi connectivity index (χ1v) is 20.2. The average Bonchev–Trinajstić information content (AvgIpc) is 3.86. The summed E-state index contributed by atoms with van der Waals surface area (Å²) in [6.45, 7) is 1.52. The van der Waals surface area contributed by atoms with Crippen molar-refractivity contribution in [2.75, 3.05) is 26.4 Å². The van der Waals surface area contributed by atoms with Crippen LogP contribution in [0.1, 0.15) is 60.2 Å². The summed E-state index contributed by atoms with van der Waals surface area (Å²) in [6.07, 6.45) is 1.30. The number of hydrogen-bond acceptors (Lipinski definition) is 12. The highest BCUT2D eigenvalue weighted by molar-refractivity contribution is 6.39. The van der Waals surface area contributed by atoms with Crippen LogP contribution in [0.5, 0.6) is 0 Å². The lowest BCUT2D eigenvalue weighted by Gasteiger charge is -2.17. The average molecular weight is 861 g/mol. The van der Waals surface area contributed by atoms with Crippen LogP contribution >= 0.6 is 58.0 Å².